The van der Waals surface area contributed by atoms with Crippen molar-refractivity contribution < 1.29 is 29.4 Å². The fourth-order valence-electron chi connectivity index (χ4n) is 5.86. The standard InChI is InChI=1S/C43H34N2O6/c46-40(38-26-32(15-21-36(38)42(48)49)24-28-7-3-1-4-8-28)44-34-17-11-30(12-18-34)23-31-13-19-35(20-14-31)45-41(47)39-27-33(16-22-37(39)43(50)51)25-29-9-5-2-6-10-29/h1-22,26-27H,23-25H2,(H,44,46)(H,45,47)(H,48,49)(H,50,51). The number of benzene rings is 6. The number of carboxylic acids is 2. The molecule has 0 bridgehead atoms. The van der Waals surface area contributed by atoms with E-state index >= 15 is 0 Å². The van der Waals surface area contributed by atoms with Crippen molar-refractivity contribution in [1.82, 2.24) is 0 Å². The SMILES string of the molecule is O=C(O)c1ccc(Cc2ccccc2)cc1C(=O)Nc1ccc(Cc2ccc(NC(=O)c3cc(Cc4ccccc4)ccc3C(=O)O)cc2)cc1. The number of anilines is 2. The minimum atomic E-state index is -1.18. The van der Waals surface area contributed by atoms with Crippen LogP contribution in [0.25, 0.3) is 0 Å². The molecule has 8 nitrogen and oxygen atoms in total. The quantitative estimate of drug-likeness (QED) is 0.103. The summed E-state index contributed by atoms with van der Waals surface area (Å²) in [4.78, 5) is 50.2. The minimum Gasteiger partial charge on any atom is -0.478 e. The average molecular weight is 675 g/mol. The van der Waals surface area contributed by atoms with Crippen molar-refractivity contribution in [2.75, 3.05) is 10.6 Å². The Morgan fingerprint density at radius 1 is 0.373 bits per heavy atom. The Balaban J connectivity index is 1.08. The van der Waals surface area contributed by atoms with E-state index < -0.39 is 23.8 Å². The molecule has 0 fully saturated rings. The lowest BCUT2D eigenvalue weighted by molar-refractivity contribution is 0.0683. The van der Waals surface area contributed by atoms with Crippen LogP contribution in [0, 0.1) is 0 Å². The van der Waals surface area contributed by atoms with Crippen LogP contribution in [-0.2, 0) is 19.3 Å². The molecule has 6 rings (SSSR count). The van der Waals surface area contributed by atoms with Crippen LogP contribution in [-0.4, -0.2) is 34.0 Å². The molecular weight excluding hydrogens is 640 g/mol. The third kappa shape index (κ3) is 8.82. The van der Waals surface area contributed by atoms with Crippen LogP contribution in [0.4, 0.5) is 11.4 Å². The molecule has 0 aliphatic carbocycles. The fraction of sp³-hybridized carbons (Fsp3) is 0.0698. The van der Waals surface area contributed by atoms with E-state index in [-0.39, 0.29) is 22.3 Å². The van der Waals surface area contributed by atoms with Crippen molar-refractivity contribution in [1.29, 1.82) is 0 Å². The molecule has 0 saturated heterocycles. The Bertz CT molecular complexity index is 2040. The molecule has 0 atom stereocenters. The Labute approximate surface area is 295 Å². The van der Waals surface area contributed by atoms with E-state index in [9.17, 15) is 29.4 Å². The molecule has 0 unspecified atom stereocenters. The van der Waals surface area contributed by atoms with Crippen LogP contribution >= 0.6 is 0 Å². The van der Waals surface area contributed by atoms with Gasteiger partial charge in [0.15, 0.2) is 0 Å². The molecular formula is C43H34N2O6. The molecule has 4 N–H and O–H groups in total. The lowest BCUT2D eigenvalue weighted by Crippen LogP contribution is -2.17. The fourth-order valence-corrected chi connectivity index (χ4v) is 5.86. The molecule has 0 aliphatic rings. The van der Waals surface area contributed by atoms with Crippen LogP contribution < -0.4 is 10.6 Å². The smallest absolute Gasteiger partial charge is 0.336 e. The summed E-state index contributed by atoms with van der Waals surface area (Å²) in [5.41, 5.74) is 6.81. The maximum atomic E-state index is 13.2. The molecule has 8 heteroatoms. The third-order valence-electron chi connectivity index (χ3n) is 8.45. The van der Waals surface area contributed by atoms with E-state index in [0.717, 1.165) is 33.4 Å². The zero-order valence-electron chi connectivity index (χ0n) is 27.5. The van der Waals surface area contributed by atoms with Gasteiger partial charge in [-0.05, 0) is 101 Å². The maximum absolute atomic E-state index is 13.2. The highest BCUT2D eigenvalue weighted by Gasteiger charge is 2.19. The third-order valence-corrected chi connectivity index (χ3v) is 8.45. The number of rotatable bonds is 12. The summed E-state index contributed by atoms with van der Waals surface area (Å²) >= 11 is 0. The van der Waals surface area contributed by atoms with Crippen molar-refractivity contribution in [2.24, 2.45) is 0 Å². The first-order valence-electron chi connectivity index (χ1n) is 16.3. The monoisotopic (exact) mass is 674 g/mol. The number of carboxylic acid groups (broad SMARTS) is 2. The summed E-state index contributed by atoms with van der Waals surface area (Å²) in [6, 6.07) is 43.7. The van der Waals surface area contributed by atoms with Gasteiger partial charge >= 0.3 is 11.9 Å². The van der Waals surface area contributed by atoms with Gasteiger partial charge < -0.3 is 20.8 Å². The van der Waals surface area contributed by atoms with E-state index in [1.165, 1.54) is 12.1 Å². The molecule has 0 heterocycles. The molecule has 0 saturated carbocycles. The van der Waals surface area contributed by atoms with Crippen LogP contribution in [0.3, 0.4) is 0 Å². The lowest BCUT2D eigenvalue weighted by atomic mass is 9.98. The Morgan fingerprint density at radius 2 is 0.686 bits per heavy atom. The Hall–Kier alpha value is -6.80. The number of nitrogens with one attached hydrogen (secondary N) is 2. The number of carbonyl (C=O) groups is 4. The van der Waals surface area contributed by atoms with Crippen molar-refractivity contribution in [3.63, 3.8) is 0 Å². The first-order chi connectivity index (χ1) is 24.7. The van der Waals surface area contributed by atoms with Crippen LogP contribution in [0.1, 0.15) is 74.8 Å². The van der Waals surface area contributed by atoms with Gasteiger partial charge in [0.05, 0.1) is 22.3 Å². The predicted octanol–water partition coefficient (Wildman–Crippen LogP) is 8.36. The van der Waals surface area contributed by atoms with Gasteiger partial charge in [0.2, 0.25) is 0 Å². The van der Waals surface area contributed by atoms with E-state index in [4.69, 9.17) is 0 Å². The second-order valence-corrected chi connectivity index (χ2v) is 12.2. The Kier molecular flexibility index (Phi) is 10.4. The summed E-state index contributed by atoms with van der Waals surface area (Å²) in [6.07, 6.45) is 1.72. The zero-order chi connectivity index (χ0) is 35.7. The molecule has 51 heavy (non-hydrogen) atoms. The molecule has 6 aromatic carbocycles. The molecule has 0 aromatic heterocycles. The number of amides is 2. The molecule has 0 radical (unpaired) electrons. The van der Waals surface area contributed by atoms with Crippen molar-refractivity contribution in [3.8, 4) is 0 Å². The largest absolute Gasteiger partial charge is 0.478 e. The average Bonchev–Trinajstić information content (AvgIpc) is 3.14. The van der Waals surface area contributed by atoms with Gasteiger partial charge in [-0.2, -0.15) is 0 Å². The first kappa shape index (κ1) is 34.1. The van der Waals surface area contributed by atoms with Crippen LogP contribution in [0.15, 0.2) is 146 Å². The van der Waals surface area contributed by atoms with Crippen LogP contribution in [0.2, 0.25) is 0 Å². The lowest BCUT2D eigenvalue weighted by Gasteiger charge is -2.12. The highest BCUT2D eigenvalue weighted by Crippen LogP contribution is 2.22. The van der Waals surface area contributed by atoms with E-state index in [2.05, 4.69) is 10.6 Å². The van der Waals surface area contributed by atoms with Gasteiger partial charge in [-0.15, -0.1) is 0 Å². The summed E-state index contributed by atoms with van der Waals surface area (Å²) in [6.45, 7) is 0. The summed E-state index contributed by atoms with van der Waals surface area (Å²) < 4.78 is 0. The van der Waals surface area contributed by atoms with Crippen LogP contribution in [0.5, 0.6) is 0 Å². The predicted molar refractivity (Wildman–Crippen MR) is 197 cm³/mol. The summed E-state index contributed by atoms with van der Waals surface area (Å²) in [7, 11) is 0. The number of hydrogen-bond donors (Lipinski definition) is 4. The molecule has 0 spiro atoms. The molecule has 252 valence electrons. The van der Waals surface area contributed by atoms with Gasteiger partial charge in [-0.25, -0.2) is 9.59 Å². The second kappa shape index (κ2) is 15.6. The highest BCUT2D eigenvalue weighted by atomic mass is 16.4. The van der Waals surface area contributed by atoms with E-state index in [1.807, 2.05) is 84.9 Å². The maximum Gasteiger partial charge on any atom is 0.336 e. The van der Waals surface area contributed by atoms with Gasteiger partial charge in [0.25, 0.3) is 11.8 Å². The topological polar surface area (TPSA) is 133 Å². The number of carbonyl (C=O) groups excluding carboxylic acids is 2. The summed E-state index contributed by atoms with van der Waals surface area (Å²) in [5.74, 6) is -3.37. The van der Waals surface area contributed by atoms with Gasteiger partial charge in [-0.3, -0.25) is 9.59 Å². The molecule has 0 aliphatic heterocycles. The molecule has 6 aromatic rings. The van der Waals surface area contributed by atoms with Gasteiger partial charge in [0.1, 0.15) is 0 Å². The van der Waals surface area contributed by atoms with Crippen molar-refractivity contribution >= 4 is 35.1 Å². The van der Waals surface area contributed by atoms with E-state index in [0.29, 0.717) is 30.6 Å². The first-order valence-corrected chi connectivity index (χ1v) is 16.3. The van der Waals surface area contributed by atoms with Crippen molar-refractivity contribution in [3.05, 3.63) is 201 Å². The second-order valence-electron chi connectivity index (χ2n) is 12.2. The molecule has 2 amide bonds. The zero-order valence-corrected chi connectivity index (χ0v) is 27.5. The number of aromatic carboxylic acids is 2. The van der Waals surface area contributed by atoms with Gasteiger partial charge in [0, 0.05) is 11.4 Å². The van der Waals surface area contributed by atoms with E-state index in [1.54, 1.807) is 48.5 Å². The Morgan fingerprint density at radius 3 is 1.04 bits per heavy atom. The number of hydrogen-bond acceptors (Lipinski definition) is 4. The normalized spacial score (nSPS) is 10.7. The summed E-state index contributed by atoms with van der Waals surface area (Å²) in [5, 5.41) is 25.1. The van der Waals surface area contributed by atoms with Crippen molar-refractivity contribution in [2.45, 2.75) is 19.3 Å². The highest BCUT2D eigenvalue weighted by molar-refractivity contribution is 6.11. The minimum absolute atomic E-state index is 0.0699. The van der Waals surface area contributed by atoms with Gasteiger partial charge in [-0.1, -0.05) is 97.1 Å².